The molecule has 0 aromatic heterocycles. The summed E-state index contributed by atoms with van der Waals surface area (Å²) >= 11 is 0. The van der Waals surface area contributed by atoms with Gasteiger partial charge in [0.1, 0.15) is 11.5 Å². The molecule has 2 aliphatic carbocycles. The minimum Gasteiger partial charge on any atom is -0.507 e. The van der Waals surface area contributed by atoms with E-state index in [1.807, 2.05) is 6.08 Å². The molecule has 2 N–H and O–H groups in total. The first-order valence-corrected chi connectivity index (χ1v) is 8.02. The Balaban J connectivity index is 2.01. The topological polar surface area (TPSA) is 74.6 Å². The summed E-state index contributed by atoms with van der Waals surface area (Å²) in [6.45, 7) is 2.07. The van der Waals surface area contributed by atoms with Crippen LogP contribution in [0, 0.1) is 0 Å². The summed E-state index contributed by atoms with van der Waals surface area (Å²) in [6.07, 6.45) is 4.39. The minimum atomic E-state index is -0.497. The van der Waals surface area contributed by atoms with Gasteiger partial charge in [-0.25, -0.2) is 0 Å². The first-order chi connectivity index (χ1) is 11.5. The SMILES string of the molecule is CCC1=Cc2cc3c(c(O)c2CC1)C(=O)c1c(O)cccc1C3=O. The molecule has 0 radical (unpaired) electrons. The van der Waals surface area contributed by atoms with Crippen LogP contribution in [0.1, 0.15) is 62.7 Å². The van der Waals surface area contributed by atoms with Crippen LogP contribution in [0.2, 0.25) is 0 Å². The summed E-state index contributed by atoms with van der Waals surface area (Å²) in [5.74, 6) is -1.20. The fraction of sp³-hybridized carbons (Fsp3) is 0.200. The van der Waals surface area contributed by atoms with E-state index < -0.39 is 5.78 Å². The summed E-state index contributed by atoms with van der Waals surface area (Å²) in [7, 11) is 0. The van der Waals surface area contributed by atoms with Crippen molar-refractivity contribution in [2.75, 3.05) is 0 Å². The molecule has 4 rings (SSSR count). The molecule has 0 heterocycles. The molecule has 24 heavy (non-hydrogen) atoms. The predicted octanol–water partition coefficient (Wildman–Crippen LogP) is 3.61. The van der Waals surface area contributed by atoms with Gasteiger partial charge < -0.3 is 10.2 Å². The Morgan fingerprint density at radius 1 is 1.00 bits per heavy atom. The average Bonchev–Trinajstić information content (AvgIpc) is 2.58. The molecule has 2 aromatic carbocycles. The number of benzene rings is 2. The van der Waals surface area contributed by atoms with Crippen LogP contribution in [-0.4, -0.2) is 21.8 Å². The van der Waals surface area contributed by atoms with Gasteiger partial charge in [0.2, 0.25) is 5.78 Å². The second-order valence-electron chi connectivity index (χ2n) is 6.23. The first kappa shape index (κ1) is 14.7. The van der Waals surface area contributed by atoms with Gasteiger partial charge in [0.15, 0.2) is 5.78 Å². The van der Waals surface area contributed by atoms with Gasteiger partial charge in [-0.15, -0.1) is 0 Å². The number of carbonyl (C=O) groups is 2. The summed E-state index contributed by atoms with van der Waals surface area (Å²) in [6, 6.07) is 6.15. The van der Waals surface area contributed by atoms with E-state index in [2.05, 4.69) is 6.92 Å². The Bertz CT molecular complexity index is 951. The third kappa shape index (κ3) is 1.86. The van der Waals surface area contributed by atoms with E-state index in [0.717, 1.165) is 18.4 Å². The van der Waals surface area contributed by atoms with Crippen LogP contribution in [0.25, 0.3) is 6.08 Å². The van der Waals surface area contributed by atoms with Gasteiger partial charge >= 0.3 is 0 Å². The highest BCUT2D eigenvalue weighted by molar-refractivity contribution is 6.30. The number of phenolic OH excluding ortho intramolecular Hbond substituents is 2. The van der Waals surface area contributed by atoms with E-state index in [4.69, 9.17) is 0 Å². The monoisotopic (exact) mass is 320 g/mol. The van der Waals surface area contributed by atoms with Crippen molar-refractivity contribution in [1.82, 2.24) is 0 Å². The number of hydrogen-bond acceptors (Lipinski definition) is 4. The van der Waals surface area contributed by atoms with E-state index in [1.165, 1.54) is 23.8 Å². The summed E-state index contributed by atoms with van der Waals surface area (Å²) in [4.78, 5) is 25.6. The average molecular weight is 320 g/mol. The maximum absolute atomic E-state index is 12.8. The lowest BCUT2D eigenvalue weighted by Gasteiger charge is -2.24. The first-order valence-electron chi connectivity index (χ1n) is 8.02. The minimum absolute atomic E-state index is 0.0149. The van der Waals surface area contributed by atoms with Crippen molar-refractivity contribution in [2.45, 2.75) is 26.2 Å². The molecule has 2 aliphatic rings. The number of phenols is 2. The molecule has 0 saturated carbocycles. The van der Waals surface area contributed by atoms with Crippen LogP contribution in [0.15, 0.2) is 29.8 Å². The molecular formula is C20H16O4. The van der Waals surface area contributed by atoms with Crippen molar-refractivity contribution in [3.8, 4) is 11.5 Å². The van der Waals surface area contributed by atoms with E-state index in [0.29, 0.717) is 12.0 Å². The number of ketones is 2. The molecule has 0 bridgehead atoms. The molecule has 2 aromatic rings. The van der Waals surface area contributed by atoms with Crippen molar-refractivity contribution >= 4 is 17.6 Å². The van der Waals surface area contributed by atoms with Gasteiger partial charge in [0.25, 0.3) is 0 Å². The third-order valence-corrected chi connectivity index (χ3v) is 4.94. The van der Waals surface area contributed by atoms with Gasteiger partial charge in [0.05, 0.1) is 11.1 Å². The highest BCUT2D eigenvalue weighted by atomic mass is 16.3. The largest absolute Gasteiger partial charge is 0.507 e. The maximum Gasteiger partial charge on any atom is 0.201 e. The van der Waals surface area contributed by atoms with E-state index in [-0.39, 0.29) is 39.5 Å². The maximum atomic E-state index is 12.8. The van der Waals surface area contributed by atoms with Crippen molar-refractivity contribution in [1.29, 1.82) is 0 Å². The summed E-state index contributed by atoms with van der Waals surface area (Å²) in [5.41, 5.74) is 3.15. The molecule has 0 saturated heterocycles. The Labute approximate surface area is 139 Å². The van der Waals surface area contributed by atoms with Crippen molar-refractivity contribution in [3.05, 3.63) is 63.2 Å². The zero-order valence-electron chi connectivity index (χ0n) is 13.2. The number of allylic oxidation sites excluding steroid dienone is 1. The number of carbonyl (C=O) groups excluding carboxylic acids is 2. The normalized spacial score (nSPS) is 15.5. The third-order valence-electron chi connectivity index (χ3n) is 4.94. The smallest absolute Gasteiger partial charge is 0.201 e. The number of fused-ring (bicyclic) bond motifs is 3. The molecule has 0 aliphatic heterocycles. The quantitative estimate of drug-likeness (QED) is 0.718. The number of hydrogen-bond donors (Lipinski definition) is 2. The molecule has 0 spiro atoms. The predicted molar refractivity (Wildman–Crippen MR) is 89.7 cm³/mol. The van der Waals surface area contributed by atoms with Gasteiger partial charge in [-0.2, -0.15) is 0 Å². The van der Waals surface area contributed by atoms with Gasteiger partial charge in [-0.1, -0.05) is 30.7 Å². The highest BCUT2D eigenvalue weighted by Crippen LogP contribution is 2.42. The number of aromatic hydroxyl groups is 2. The fourth-order valence-electron chi connectivity index (χ4n) is 3.62. The van der Waals surface area contributed by atoms with Crippen molar-refractivity contribution in [2.24, 2.45) is 0 Å². The second-order valence-corrected chi connectivity index (χ2v) is 6.23. The molecule has 4 nitrogen and oxygen atoms in total. The Kier molecular flexibility index (Phi) is 3.10. The van der Waals surface area contributed by atoms with Crippen LogP contribution in [0.5, 0.6) is 11.5 Å². The second kappa shape index (κ2) is 5.06. The van der Waals surface area contributed by atoms with E-state index in [1.54, 1.807) is 6.07 Å². The summed E-state index contributed by atoms with van der Waals surface area (Å²) in [5, 5.41) is 20.7. The van der Waals surface area contributed by atoms with E-state index in [9.17, 15) is 19.8 Å². The van der Waals surface area contributed by atoms with Crippen molar-refractivity contribution < 1.29 is 19.8 Å². The van der Waals surface area contributed by atoms with Crippen molar-refractivity contribution in [3.63, 3.8) is 0 Å². The molecule has 0 unspecified atom stereocenters. The molecule has 0 amide bonds. The Morgan fingerprint density at radius 3 is 2.54 bits per heavy atom. The standard InChI is InChI=1S/C20H16O4/c1-2-10-6-7-12-11(8-10)9-14-17(19(12)23)20(24)16-13(18(14)22)4-3-5-15(16)21/h3-5,8-9,21,23H,2,6-7H2,1H3. The van der Waals surface area contributed by atoms with Crippen LogP contribution >= 0.6 is 0 Å². The lowest BCUT2D eigenvalue weighted by molar-refractivity contribution is 0.0974. The van der Waals surface area contributed by atoms with Gasteiger partial charge in [-0.3, -0.25) is 9.59 Å². The molecule has 120 valence electrons. The van der Waals surface area contributed by atoms with Gasteiger partial charge in [-0.05, 0) is 37.0 Å². The van der Waals surface area contributed by atoms with Crippen LogP contribution in [-0.2, 0) is 6.42 Å². The van der Waals surface area contributed by atoms with E-state index >= 15 is 0 Å². The molecular weight excluding hydrogens is 304 g/mol. The van der Waals surface area contributed by atoms with Crippen LogP contribution in [0.3, 0.4) is 0 Å². The zero-order chi connectivity index (χ0) is 17.0. The number of rotatable bonds is 1. The lowest BCUT2D eigenvalue weighted by atomic mass is 9.78. The Hall–Kier alpha value is -2.88. The fourth-order valence-corrected chi connectivity index (χ4v) is 3.62. The Morgan fingerprint density at radius 2 is 1.79 bits per heavy atom. The van der Waals surface area contributed by atoms with Gasteiger partial charge in [0, 0.05) is 16.7 Å². The van der Waals surface area contributed by atoms with Crippen LogP contribution in [0.4, 0.5) is 0 Å². The lowest BCUT2D eigenvalue weighted by Crippen LogP contribution is -2.22. The molecule has 0 atom stereocenters. The van der Waals surface area contributed by atoms with Crippen LogP contribution < -0.4 is 0 Å². The highest BCUT2D eigenvalue weighted by Gasteiger charge is 2.36. The molecule has 0 fully saturated rings. The molecule has 4 heteroatoms. The zero-order valence-corrected chi connectivity index (χ0v) is 13.2. The summed E-state index contributed by atoms with van der Waals surface area (Å²) < 4.78 is 0.